The molecule has 1 atom stereocenters. The Morgan fingerprint density at radius 1 is 1.15 bits per heavy atom. The van der Waals surface area contributed by atoms with Crippen molar-refractivity contribution in [1.29, 1.82) is 0 Å². The van der Waals surface area contributed by atoms with Crippen LogP contribution < -0.4 is 10.5 Å². The van der Waals surface area contributed by atoms with E-state index in [4.69, 9.17) is 22.1 Å². The fourth-order valence-corrected chi connectivity index (χ4v) is 2.07. The highest BCUT2D eigenvalue weighted by Gasteiger charge is 2.23. The third kappa shape index (κ3) is 2.59. The molecular weight excluding hydrogens is 291 g/mol. The summed E-state index contributed by atoms with van der Waals surface area (Å²) in [5.74, 6) is -2.60. The summed E-state index contributed by atoms with van der Waals surface area (Å²) in [5.41, 5.74) is 5.24. The minimum absolute atomic E-state index is 0.0162. The SMILES string of the molecule is COc1cc(F)c(C(N)c2cccc(Cl)c2F)c(F)c1. The van der Waals surface area contributed by atoms with Crippen LogP contribution in [0.1, 0.15) is 17.2 Å². The zero-order valence-corrected chi connectivity index (χ0v) is 11.2. The highest BCUT2D eigenvalue weighted by molar-refractivity contribution is 6.30. The molecular formula is C14H11ClF3NO. The van der Waals surface area contributed by atoms with Gasteiger partial charge < -0.3 is 10.5 Å². The largest absolute Gasteiger partial charge is 0.497 e. The van der Waals surface area contributed by atoms with Gasteiger partial charge in [-0.3, -0.25) is 0 Å². The molecule has 0 bridgehead atoms. The first kappa shape index (κ1) is 14.7. The van der Waals surface area contributed by atoms with Crippen molar-refractivity contribution in [2.75, 3.05) is 7.11 Å². The molecule has 2 aromatic rings. The van der Waals surface area contributed by atoms with Crippen molar-refractivity contribution in [3.63, 3.8) is 0 Å². The number of halogens is 4. The molecule has 0 fully saturated rings. The summed E-state index contributed by atoms with van der Waals surface area (Å²) < 4.78 is 46.4. The monoisotopic (exact) mass is 301 g/mol. The maximum absolute atomic E-state index is 13.9. The summed E-state index contributed by atoms with van der Waals surface area (Å²) >= 11 is 5.63. The molecule has 0 saturated carbocycles. The van der Waals surface area contributed by atoms with Gasteiger partial charge in [-0.1, -0.05) is 23.7 Å². The topological polar surface area (TPSA) is 35.2 Å². The van der Waals surface area contributed by atoms with Gasteiger partial charge in [-0.2, -0.15) is 0 Å². The molecule has 1 unspecified atom stereocenters. The van der Waals surface area contributed by atoms with Gasteiger partial charge in [0.05, 0.1) is 18.2 Å². The van der Waals surface area contributed by atoms with E-state index in [1.165, 1.54) is 25.3 Å². The lowest BCUT2D eigenvalue weighted by Crippen LogP contribution is -2.17. The van der Waals surface area contributed by atoms with Crippen molar-refractivity contribution in [1.82, 2.24) is 0 Å². The quantitative estimate of drug-likeness (QED) is 0.935. The summed E-state index contributed by atoms with van der Waals surface area (Å²) in [4.78, 5) is 0. The van der Waals surface area contributed by atoms with E-state index in [1.807, 2.05) is 0 Å². The van der Waals surface area contributed by atoms with Crippen LogP contribution in [0.25, 0.3) is 0 Å². The Balaban J connectivity index is 2.54. The first-order chi connectivity index (χ1) is 9.45. The molecule has 2 rings (SSSR count). The Kier molecular flexibility index (Phi) is 4.20. The van der Waals surface area contributed by atoms with Gasteiger partial charge in [-0.15, -0.1) is 0 Å². The van der Waals surface area contributed by atoms with E-state index in [0.717, 1.165) is 12.1 Å². The second-order valence-electron chi connectivity index (χ2n) is 4.13. The lowest BCUT2D eigenvalue weighted by atomic mass is 9.98. The molecule has 0 aliphatic carbocycles. The fraction of sp³-hybridized carbons (Fsp3) is 0.143. The van der Waals surface area contributed by atoms with Crippen molar-refractivity contribution in [2.45, 2.75) is 6.04 Å². The molecule has 20 heavy (non-hydrogen) atoms. The Hall–Kier alpha value is -1.72. The maximum Gasteiger partial charge on any atom is 0.146 e. The Bertz CT molecular complexity index is 625. The molecule has 2 aromatic carbocycles. The van der Waals surface area contributed by atoms with Gasteiger partial charge in [-0.05, 0) is 6.07 Å². The normalized spacial score (nSPS) is 12.3. The van der Waals surface area contributed by atoms with Crippen molar-refractivity contribution in [2.24, 2.45) is 5.73 Å². The van der Waals surface area contributed by atoms with E-state index in [9.17, 15) is 13.2 Å². The fourth-order valence-electron chi connectivity index (χ4n) is 1.89. The second kappa shape index (κ2) is 5.73. The van der Waals surface area contributed by atoms with Crippen molar-refractivity contribution in [3.05, 3.63) is 63.9 Å². The van der Waals surface area contributed by atoms with Gasteiger partial charge >= 0.3 is 0 Å². The Labute approximate surface area is 118 Å². The molecule has 0 amide bonds. The smallest absolute Gasteiger partial charge is 0.146 e. The van der Waals surface area contributed by atoms with Gasteiger partial charge in [0.2, 0.25) is 0 Å². The number of methoxy groups -OCH3 is 1. The minimum Gasteiger partial charge on any atom is -0.497 e. The molecule has 0 saturated heterocycles. The highest BCUT2D eigenvalue weighted by atomic mass is 35.5. The van der Waals surface area contributed by atoms with E-state index < -0.39 is 29.1 Å². The molecule has 6 heteroatoms. The summed E-state index contributed by atoms with van der Waals surface area (Å²) in [7, 11) is 1.28. The third-order valence-corrected chi connectivity index (χ3v) is 3.21. The maximum atomic E-state index is 13.9. The van der Waals surface area contributed by atoms with Gasteiger partial charge in [0, 0.05) is 23.3 Å². The van der Waals surface area contributed by atoms with Crippen LogP contribution in [-0.2, 0) is 0 Å². The third-order valence-electron chi connectivity index (χ3n) is 2.92. The van der Waals surface area contributed by atoms with Crippen LogP contribution in [-0.4, -0.2) is 7.11 Å². The van der Waals surface area contributed by atoms with Crippen LogP contribution in [0.4, 0.5) is 13.2 Å². The van der Waals surface area contributed by atoms with Gasteiger partial charge in [-0.25, -0.2) is 13.2 Å². The summed E-state index contributed by atoms with van der Waals surface area (Å²) in [6.45, 7) is 0. The van der Waals surface area contributed by atoms with Crippen molar-refractivity contribution < 1.29 is 17.9 Å². The number of hydrogen-bond donors (Lipinski definition) is 1. The minimum atomic E-state index is -1.31. The molecule has 0 aliphatic heterocycles. The first-order valence-corrected chi connectivity index (χ1v) is 6.06. The number of nitrogens with two attached hydrogens (primary N) is 1. The molecule has 0 spiro atoms. The first-order valence-electron chi connectivity index (χ1n) is 5.68. The molecule has 2 N–H and O–H groups in total. The van der Waals surface area contributed by atoms with Crippen molar-refractivity contribution in [3.8, 4) is 5.75 Å². The number of ether oxygens (including phenoxy) is 1. The van der Waals surface area contributed by atoms with Gasteiger partial charge in [0.15, 0.2) is 0 Å². The Morgan fingerprint density at radius 3 is 2.30 bits per heavy atom. The molecule has 0 aliphatic rings. The molecule has 2 nitrogen and oxygen atoms in total. The Morgan fingerprint density at radius 2 is 1.75 bits per heavy atom. The number of hydrogen-bond acceptors (Lipinski definition) is 2. The average molecular weight is 302 g/mol. The number of benzene rings is 2. The van der Waals surface area contributed by atoms with Gasteiger partial charge in [0.25, 0.3) is 0 Å². The van der Waals surface area contributed by atoms with Crippen LogP contribution in [0.5, 0.6) is 5.75 Å². The van der Waals surface area contributed by atoms with E-state index in [1.54, 1.807) is 0 Å². The van der Waals surface area contributed by atoms with Crippen LogP contribution in [0, 0.1) is 17.5 Å². The average Bonchev–Trinajstić information content (AvgIpc) is 2.40. The van der Waals surface area contributed by atoms with Gasteiger partial charge in [0.1, 0.15) is 23.2 Å². The van der Waals surface area contributed by atoms with E-state index >= 15 is 0 Å². The molecule has 0 aromatic heterocycles. The lowest BCUT2D eigenvalue weighted by Gasteiger charge is -2.16. The lowest BCUT2D eigenvalue weighted by molar-refractivity contribution is 0.404. The predicted molar refractivity (Wildman–Crippen MR) is 70.4 cm³/mol. The van der Waals surface area contributed by atoms with E-state index in [0.29, 0.717) is 0 Å². The highest BCUT2D eigenvalue weighted by Crippen LogP contribution is 2.31. The molecule has 0 radical (unpaired) electrons. The predicted octanol–water partition coefficient (Wildman–Crippen LogP) is 3.81. The zero-order chi connectivity index (χ0) is 14.9. The van der Waals surface area contributed by atoms with Crippen LogP contribution in [0.2, 0.25) is 5.02 Å². The number of rotatable bonds is 3. The van der Waals surface area contributed by atoms with E-state index in [2.05, 4.69) is 0 Å². The molecule has 0 heterocycles. The van der Waals surface area contributed by atoms with Crippen molar-refractivity contribution >= 4 is 11.6 Å². The summed E-state index contributed by atoms with van der Waals surface area (Å²) in [6.07, 6.45) is 0. The van der Waals surface area contributed by atoms with Crippen LogP contribution in [0.3, 0.4) is 0 Å². The standard InChI is InChI=1S/C14H11ClF3NO/c1-20-7-5-10(16)12(11(17)6-7)14(19)8-3-2-4-9(15)13(8)18/h2-6,14H,19H2,1H3. The molecule has 106 valence electrons. The van der Waals surface area contributed by atoms with Crippen LogP contribution in [0.15, 0.2) is 30.3 Å². The summed E-state index contributed by atoms with van der Waals surface area (Å²) in [5, 5.41) is -0.160. The van der Waals surface area contributed by atoms with E-state index in [-0.39, 0.29) is 16.3 Å². The summed E-state index contributed by atoms with van der Waals surface area (Å²) in [6, 6.07) is 4.78. The second-order valence-corrected chi connectivity index (χ2v) is 4.53. The zero-order valence-electron chi connectivity index (χ0n) is 10.5. The van der Waals surface area contributed by atoms with Crippen LogP contribution >= 0.6 is 11.6 Å².